The normalized spacial score (nSPS) is 14.2. The maximum Gasteiger partial charge on any atom is 0.260 e. The van der Waals surface area contributed by atoms with Crippen LogP contribution in [0.3, 0.4) is 0 Å². The van der Waals surface area contributed by atoms with Gasteiger partial charge in [-0.05, 0) is 37.3 Å². The fourth-order valence-corrected chi connectivity index (χ4v) is 2.78. The molecule has 0 unspecified atom stereocenters. The maximum atomic E-state index is 12.3. The number of halogens is 1. The molecule has 0 saturated carbocycles. The van der Waals surface area contributed by atoms with E-state index in [2.05, 4.69) is 15.1 Å². The Labute approximate surface area is 157 Å². The van der Waals surface area contributed by atoms with Crippen LogP contribution in [0.25, 0.3) is 0 Å². The van der Waals surface area contributed by atoms with E-state index >= 15 is 0 Å². The summed E-state index contributed by atoms with van der Waals surface area (Å²) >= 11 is 5.83. The van der Waals surface area contributed by atoms with Gasteiger partial charge in [0.1, 0.15) is 5.75 Å². The van der Waals surface area contributed by atoms with Crippen LogP contribution in [-0.2, 0) is 4.79 Å². The van der Waals surface area contributed by atoms with E-state index < -0.39 is 0 Å². The van der Waals surface area contributed by atoms with Gasteiger partial charge >= 0.3 is 0 Å². The number of hydrogen-bond acceptors (Lipinski definition) is 6. The first-order valence-electron chi connectivity index (χ1n) is 8.53. The zero-order chi connectivity index (χ0) is 18.4. The van der Waals surface area contributed by atoms with Crippen LogP contribution >= 0.6 is 11.6 Å². The number of benzene rings is 1. The van der Waals surface area contributed by atoms with Crippen LogP contribution in [-0.4, -0.2) is 60.4 Å². The largest absolute Gasteiger partial charge is 0.484 e. The van der Waals surface area contributed by atoms with Gasteiger partial charge in [-0.3, -0.25) is 4.79 Å². The maximum absolute atomic E-state index is 12.3. The third-order valence-electron chi connectivity index (χ3n) is 4.05. The smallest absolute Gasteiger partial charge is 0.260 e. The third-order valence-corrected chi connectivity index (χ3v) is 4.30. The van der Waals surface area contributed by atoms with E-state index in [-0.39, 0.29) is 12.5 Å². The number of hydrogen-bond donors (Lipinski definition) is 0. The van der Waals surface area contributed by atoms with Crippen LogP contribution in [0.5, 0.6) is 11.6 Å². The summed E-state index contributed by atoms with van der Waals surface area (Å²) in [5, 5.41) is 8.87. The van der Waals surface area contributed by atoms with Crippen LogP contribution < -0.4 is 14.4 Å². The van der Waals surface area contributed by atoms with Gasteiger partial charge in [0.25, 0.3) is 5.91 Å². The van der Waals surface area contributed by atoms with Gasteiger partial charge in [0.2, 0.25) is 5.88 Å². The molecule has 8 heteroatoms. The molecule has 26 heavy (non-hydrogen) atoms. The van der Waals surface area contributed by atoms with E-state index in [1.807, 2.05) is 19.1 Å². The average molecular weight is 377 g/mol. The predicted molar refractivity (Wildman–Crippen MR) is 98.9 cm³/mol. The number of piperazine rings is 1. The fraction of sp³-hybridized carbons (Fsp3) is 0.389. The van der Waals surface area contributed by atoms with Gasteiger partial charge in [-0.25, -0.2) is 0 Å². The summed E-state index contributed by atoms with van der Waals surface area (Å²) in [5.74, 6) is 1.91. The highest BCUT2D eigenvalue weighted by molar-refractivity contribution is 6.30. The minimum absolute atomic E-state index is 0.0183. The van der Waals surface area contributed by atoms with Gasteiger partial charge in [0, 0.05) is 37.3 Å². The SMILES string of the molecule is CCOc1ccc(N2CCN(C(=O)COc3ccc(Cl)cc3)CC2)nn1. The molecule has 0 aliphatic carbocycles. The van der Waals surface area contributed by atoms with Crippen LogP contribution in [0, 0.1) is 0 Å². The first kappa shape index (κ1) is 18.3. The molecule has 0 radical (unpaired) electrons. The molecule has 1 saturated heterocycles. The molecule has 138 valence electrons. The number of nitrogens with zero attached hydrogens (tertiary/aromatic N) is 4. The van der Waals surface area contributed by atoms with Crippen molar-refractivity contribution in [2.24, 2.45) is 0 Å². The number of rotatable bonds is 6. The summed E-state index contributed by atoms with van der Waals surface area (Å²) in [6.07, 6.45) is 0. The highest BCUT2D eigenvalue weighted by Crippen LogP contribution is 2.17. The Kier molecular flexibility index (Phi) is 6.12. The predicted octanol–water partition coefficient (Wildman–Crippen LogP) is 2.26. The minimum Gasteiger partial charge on any atom is -0.484 e. The summed E-state index contributed by atoms with van der Waals surface area (Å²) in [4.78, 5) is 16.2. The lowest BCUT2D eigenvalue weighted by molar-refractivity contribution is -0.133. The molecule has 1 amide bonds. The molecule has 1 aliphatic rings. The highest BCUT2D eigenvalue weighted by Gasteiger charge is 2.22. The lowest BCUT2D eigenvalue weighted by atomic mass is 10.3. The standard InChI is InChI=1S/C18H21ClN4O3/c1-2-25-17-8-7-16(20-21-17)22-9-11-23(12-10-22)18(24)13-26-15-5-3-14(19)4-6-15/h3-8H,2,9-13H2,1H3. The zero-order valence-electron chi connectivity index (χ0n) is 14.6. The van der Waals surface area contributed by atoms with Gasteiger partial charge in [-0.2, -0.15) is 0 Å². The first-order valence-corrected chi connectivity index (χ1v) is 8.91. The number of carbonyl (C=O) groups excluding carboxylic acids is 1. The summed E-state index contributed by atoms with van der Waals surface area (Å²) in [6, 6.07) is 10.7. The number of amides is 1. The lowest BCUT2D eigenvalue weighted by Gasteiger charge is -2.35. The van der Waals surface area contributed by atoms with Crippen molar-refractivity contribution in [3.05, 3.63) is 41.4 Å². The summed E-state index contributed by atoms with van der Waals surface area (Å²) in [6.45, 7) is 5.14. The molecule has 2 aromatic rings. The average Bonchev–Trinajstić information content (AvgIpc) is 2.68. The van der Waals surface area contributed by atoms with Crippen molar-refractivity contribution in [1.82, 2.24) is 15.1 Å². The van der Waals surface area contributed by atoms with Crippen molar-refractivity contribution in [3.8, 4) is 11.6 Å². The van der Waals surface area contributed by atoms with Gasteiger partial charge in [-0.1, -0.05) is 11.6 Å². The molecule has 0 N–H and O–H groups in total. The van der Waals surface area contributed by atoms with Crippen molar-refractivity contribution in [2.45, 2.75) is 6.92 Å². The van der Waals surface area contributed by atoms with Crippen molar-refractivity contribution >= 4 is 23.3 Å². The van der Waals surface area contributed by atoms with Crippen LogP contribution in [0.1, 0.15) is 6.92 Å². The number of carbonyl (C=O) groups is 1. The summed E-state index contributed by atoms with van der Waals surface area (Å²) in [5.41, 5.74) is 0. The number of ether oxygens (including phenoxy) is 2. The number of anilines is 1. The molecular weight excluding hydrogens is 356 g/mol. The Morgan fingerprint density at radius 3 is 2.38 bits per heavy atom. The minimum atomic E-state index is -0.0302. The van der Waals surface area contributed by atoms with Gasteiger partial charge in [0.15, 0.2) is 12.4 Å². The molecule has 7 nitrogen and oxygen atoms in total. The van der Waals surface area contributed by atoms with Gasteiger partial charge in [-0.15, -0.1) is 10.2 Å². The van der Waals surface area contributed by atoms with E-state index in [1.165, 1.54) is 0 Å². The Morgan fingerprint density at radius 2 is 1.77 bits per heavy atom. The lowest BCUT2D eigenvalue weighted by Crippen LogP contribution is -2.50. The molecular formula is C18H21ClN4O3. The van der Waals surface area contributed by atoms with Crippen molar-refractivity contribution in [1.29, 1.82) is 0 Å². The second kappa shape index (κ2) is 8.71. The van der Waals surface area contributed by atoms with E-state index in [4.69, 9.17) is 21.1 Å². The first-order chi connectivity index (χ1) is 12.7. The number of aromatic nitrogens is 2. The molecule has 1 aromatic carbocycles. The Balaban J connectivity index is 1.46. The van der Waals surface area contributed by atoms with Gasteiger partial charge in [0.05, 0.1) is 6.61 Å². The van der Waals surface area contributed by atoms with Gasteiger partial charge < -0.3 is 19.3 Å². The Hall–Kier alpha value is -2.54. The van der Waals surface area contributed by atoms with E-state index in [9.17, 15) is 4.79 Å². The van der Waals surface area contributed by atoms with Crippen molar-refractivity contribution in [3.63, 3.8) is 0 Å². The molecule has 1 fully saturated rings. The molecule has 0 atom stereocenters. The monoisotopic (exact) mass is 376 g/mol. The second-order valence-electron chi connectivity index (χ2n) is 5.77. The highest BCUT2D eigenvalue weighted by atomic mass is 35.5. The topological polar surface area (TPSA) is 67.8 Å². The van der Waals surface area contributed by atoms with Crippen LogP contribution in [0.15, 0.2) is 36.4 Å². The van der Waals surface area contributed by atoms with Crippen LogP contribution in [0.4, 0.5) is 5.82 Å². The molecule has 0 bridgehead atoms. The molecule has 2 heterocycles. The third kappa shape index (κ3) is 4.76. The molecule has 0 spiro atoms. The van der Waals surface area contributed by atoms with E-state index in [0.29, 0.717) is 49.4 Å². The van der Waals surface area contributed by atoms with E-state index in [0.717, 1.165) is 5.82 Å². The zero-order valence-corrected chi connectivity index (χ0v) is 15.4. The van der Waals surface area contributed by atoms with E-state index in [1.54, 1.807) is 29.2 Å². The quantitative estimate of drug-likeness (QED) is 0.770. The Morgan fingerprint density at radius 1 is 1.04 bits per heavy atom. The molecule has 1 aliphatic heterocycles. The fourth-order valence-electron chi connectivity index (χ4n) is 2.66. The Bertz CT molecular complexity index is 716. The molecule has 3 rings (SSSR count). The molecule has 1 aromatic heterocycles. The van der Waals surface area contributed by atoms with Crippen LogP contribution in [0.2, 0.25) is 5.02 Å². The second-order valence-corrected chi connectivity index (χ2v) is 6.21. The van der Waals surface area contributed by atoms with Crippen molar-refractivity contribution in [2.75, 3.05) is 44.3 Å². The summed E-state index contributed by atoms with van der Waals surface area (Å²) < 4.78 is 10.8. The van der Waals surface area contributed by atoms with Crippen molar-refractivity contribution < 1.29 is 14.3 Å². The summed E-state index contributed by atoms with van der Waals surface area (Å²) in [7, 11) is 0.